The first kappa shape index (κ1) is 12.1. The normalized spacial score (nSPS) is 11.3. The molecule has 0 saturated heterocycles. The summed E-state index contributed by atoms with van der Waals surface area (Å²) in [4.78, 5) is 18.8. The number of aromatic amines is 1. The fourth-order valence-electron chi connectivity index (χ4n) is 1.47. The number of hydrogen-bond donors (Lipinski definition) is 1. The van der Waals surface area contributed by atoms with E-state index in [2.05, 4.69) is 9.97 Å². The minimum Gasteiger partial charge on any atom is -0.371 e. The van der Waals surface area contributed by atoms with Crippen LogP contribution in [0.2, 0.25) is 5.02 Å². The van der Waals surface area contributed by atoms with Gasteiger partial charge < -0.3 is 9.72 Å². The van der Waals surface area contributed by atoms with Gasteiger partial charge in [0.2, 0.25) is 0 Å². The standard InChI is InChI=1S/C12H13ClN2O2/c1-7(2)17-6-11-14-10-4-3-8(13)5-9(10)12(16)15-11/h3-5,7H,6H2,1-2H3,(H,14,15,16). The summed E-state index contributed by atoms with van der Waals surface area (Å²) < 4.78 is 5.40. The van der Waals surface area contributed by atoms with Crippen LogP contribution in [-0.2, 0) is 11.3 Å². The zero-order valence-electron chi connectivity index (χ0n) is 9.66. The van der Waals surface area contributed by atoms with E-state index in [0.29, 0.717) is 28.4 Å². The van der Waals surface area contributed by atoms with Crippen molar-refractivity contribution in [2.24, 2.45) is 0 Å². The largest absolute Gasteiger partial charge is 0.371 e. The summed E-state index contributed by atoms with van der Waals surface area (Å²) in [6, 6.07) is 5.05. The molecule has 0 fully saturated rings. The summed E-state index contributed by atoms with van der Waals surface area (Å²) in [5, 5.41) is 1.02. The fraction of sp³-hybridized carbons (Fsp3) is 0.333. The van der Waals surface area contributed by atoms with Crippen molar-refractivity contribution in [2.75, 3.05) is 0 Å². The number of H-pyrrole nitrogens is 1. The molecule has 90 valence electrons. The Morgan fingerprint density at radius 3 is 2.94 bits per heavy atom. The monoisotopic (exact) mass is 252 g/mol. The Kier molecular flexibility index (Phi) is 3.45. The van der Waals surface area contributed by atoms with Gasteiger partial charge in [-0.3, -0.25) is 4.79 Å². The van der Waals surface area contributed by atoms with E-state index in [0.717, 1.165) is 0 Å². The van der Waals surface area contributed by atoms with E-state index in [4.69, 9.17) is 16.3 Å². The molecule has 0 atom stereocenters. The molecule has 0 aliphatic rings. The molecule has 0 spiro atoms. The van der Waals surface area contributed by atoms with Crippen LogP contribution in [0.25, 0.3) is 10.9 Å². The zero-order chi connectivity index (χ0) is 12.4. The molecule has 17 heavy (non-hydrogen) atoms. The molecule has 0 radical (unpaired) electrons. The van der Waals surface area contributed by atoms with Gasteiger partial charge in [0.15, 0.2) is 0 Å². The van der Waals surface area contributed by atoms with E-state index >= 15 is 0 Å². The number of nitrogens with zero attached hydrogens (tertiary/aromatic N) is 1. The second-order valence-electron chi connectivity index (χ2n) is 4.03. The van der Waals surface area contributed by atoms with E-state index in [1.807, 2.05) is 13.8 Å². The third-order valence-corrected chi connectivity index (χ3v) is 2.50. The van der Waals surface area contributed by atoms with Crippen LogP contribution in [-0.4, -0.2) is 16.1 Å². The fourth-order valence-corrected chi connectivity index (χ4v) is 1.65. The van der Waals surface area contributed by atoms with Gasteiger partial charge in [-0.1, -0.05) is 11.6 Å². The molecule has 1 aromatic heterocycles. The van der Waals surface area contributed by atoms with Crippen molar-refractivity contribution in [1.82, 2.24) is 9.97 Å². The maximum atomic E-state index is 11.8. The minimum atomic E-state index is -0.195. The smallest absolute Gasteiger partial charge is 0.258 e. The highest BCUT2D eigenvalue weighted by atomic mass is 35.5. The lowest BCUT2D eigenvalue weighted by molar-refractivity contribution is 0.0613. The summed E-state index contributed by atoms with van der Waals surface area (Å²) in [6.07, 6.45) is 0.0983. The maximum Gasteiger partial charge on any atom is 0.258 e. The van der Waals surface area contributed by atoms with Crippen molar-refractivity contribution >= 4 is 22.5 Å². The number of aromatic nitrogens is 2. The van der Waals surface area contributed by atoms with Crippen molar-refractivity contribution in [3.63, 3.8) is 0 Å². The molecule has 5 heteroatoms. The Balaban J connectivity index is 2.42. The lowest BCUT2D eigenvalue weighted by Gasteiger charge is -2.07. The van der Waals surface area contributed by atoms with Gasteiger partial charge in [-0.15, -0.1) is 0 Å². The first-order valence-corrected chi connectivity index (χ1v) is 5.74. The number of halogens is 1. The lowest BCUT2D eigenvalue weighted by atomic mass is 10.2. The molecule has 1 aromatic carbocycles. The number of rotatable bonds is 3. The van der Waals surface area contributed by atoms with Gasteiger partial charge in [0, 0.05) is 5.02 Å². The average Bonchev–Trinajstić information content (AvgIpc) is 2.27. The van der Waals surface area contributed by atoms with Crippen LogP contribution in [0.4, 0.5) is 0 Å². The van der Waals surface area contributed by atoms with Crippen LogP contribution < -0.4 is 5.56 Å². The minimum absolute atomic E-state index is 0.0983. The number of ether oxygens (including phenoxy) is 1. The van der Waals surface area contributed by atoms with Gasteiger partial charge in [0.1, 0.15) is 12.4 Å². The maximum absolute atomic E-state index is 11.8. The number of hydrogen-bond acceptors (Lipinski definition) is 3. The highest BCUT2D eigenvalue weighted by Crippen LogP contribution is 2.14. The molecular formula is C12H13ClN2O2. The quantitative estimate of drug-likeness (QED) is 0.913. The molecule has 0 aliphatic carbocycles. The van der Waals surface area contributed by atoms with Gasteiger partial charge in [-0.05, 0) is 32.0 Å². The Bertz CT molecular complexity index is 593. The van der Waals surface area contributed by atoms with E-state index < -0.39 is 0 Å². The number of nitrogens with one attached hydrogen (secondary N) is 1. The highest BCUT2D eigenvalue weighted by molar-refractivity contribution is 6.31. The number of benzene rings is 1. The summed E-state index contributed by atoms with van der Waals surface area (Å²) in [7, 11) is 0. The van der Waals surface area contributed by atoms with E-state index in [9.17, 15) is 4.79 Å². The molecular weight excluding hydrogens is 240 g/mol. The average molecular weight is 253 g/mol. The van der Waals surface area contributed by atoms with Crippen molar-refractivity contribution in [3.05, 3.63) is 39.4 Å². The number of fused-ring (bicyclic) bond motifs is 1. The second kappa shape index (κ2) is 4.85. The second-order valence-corrected chi connectivity index (χ2v) is 4.47. The van der Waals surface area contributed by atoms with Crippen LogP contribution in [0.3, 0.4) is 0 Å². The molecule has 0 saturated carbocycles. The van der Waals surface area contributed by atoms with E-state index in [1.54, 1.807) is 18.2 Å². The van der Waals surface area contributed by atoms with Gasteiger partial charge in [-0.2, -0.15) is 0 Å². The summed E-state index contributed by atoms with van der Waals surface area (Å²) in [6.45, 7) is 4.16. The molecule has 0 aliphatic heterocycles. The topological polar surface area (TPSA) is 55.0 Å². The predicted molar refractivity (Wildman–Crippen MR) is 67.3 cm³/mol. The van der Waals surface area contributed by atoms with Crippen LogP contribution >= 0.6 is 11.6 Å². The van der Waals surface area contributed by atoms with Gasteiger partial charge in [0.05, 0.1) is 17.0 Å². The summed E-state index contributed by atoms with van der Waals surface area (Å²) in [5.41, 5.74) is 0.431. The van der Waals surface area contributed by atoms with Crippen LogP contribution in [0.1, 0.15) is 19.7 Å². The van der Waals surface area contributed by atoms with Crippen molar-refractivity contribution in [3.8, 4) is 0 Å². The molecule has 2 rings (SSSR count). The first-order chi connectivity index (χ1) is 8.06. The Hall–Kier alpha value is -1.39. The molecule has 1 heterocycles. The van der Waals surface area contributed by atoms with Gasteiger partial charge >= 0.3 is 0 Å². The third-order valence-electron chi connectivity index (χ3n) is 2.27. The molecule has 1 N–H and O–H groups in total. The van der Waals surface area contributed by atoms with Crippen molar-refractivity contribution < 1.29 is 4.74 Å². The Morgan fingerprint density at radius 1 is 1.47 bits per heavy atom. The van der Waals surface area contributed by atoms with E-state index in [1.165, 1.54) is 0 Å². The Morgan fingerprint density at radius 2 is 2.24 bits per heavy atom. The van der Waals surface area contributed by atoms with Crippen LogP contribution in [0, 0.1) is 0 Å². The summed E-state index contributed by atoms with van der Waals surface area (Å²) >= 11 is 5.83. The highest BCUT2D eigenvalue weighted by Gasteiger charge is 2.05. The molecule has 0 unspecified atom stereocenters. The SMILES string of the molecule is CC(C)OCc1nc2ccc(Cl)cc2c(=O)[nH]1. The van der Waals surface area contributed by atoms with Gasteiger partial charge in [0.25, 0.3) is 5.56 Å². The van der Waals surface area contributed by atoms with E-state index in [-0.39, 0.29) is 11.7 Å². The Labute approximate surface area is 104 Å². The van der Waals surface area contributed by atoms with Crippen LogP contribution in [0.5, 0.6) is 0 Å². The zero-order valence-corrected chi connectivity index (χ0v) is 10.4. The lowest BCUT2D eigenvalue weighted by Crippen LogP contribution is -2.14. The third kappa shape index (κ3) is 2.84. The predicted octanol–water partition coefficient (Wildman–Crippen LogP) is 2.50. The van der Waals surface area contributed by atoms with Crippen LogP contribution in [0.15, 0.2) is 23.0 Å². The molecule has 0 amide bonds. The first-order valence-electron chi connectivity index (χ1n) is 5.36. The van der Waals surface area contributed by atoms with Crippen molar-refractivity contribution in [2.45, 2.75) is 26.6 Å². The van der Waals surface area contributed by atoms with Crippen molar-refractivity contribution in [1.29, 1.82) is 0 Å². The molecule has 4 nitrogen and oxygen atoms in total. The molecule has 2 aromatic rings. The molecule has 0 bridgehead atoms. The summed E-state index contributed by atoms with van der Waals surface area (Å²) in [5.74, 6) is 0.526. The van der Waals surface area contributed by atoms with Gasteiger partial charge in [-0.25, -0.2) is 4.98 Å².